The first-order chi connectivity index (χ1) is 11.4. The van der Waals surface area contributed by atoms with Crippen LogP contribution in [0.3, 0.4) is 0 Å². The normalized spacial score (nSPS) is 14.8. The summed E-state index contributed by atoms with van der Waals surface area (Å²) in [5.41, 5.74) is 3.33. The molecule has 0 heterocycles. The van der Waals surface area contributed by atoms with Gasteiger partial charge in [0.2, 0.25) is 0 Å². The highest BCUT2D eigenvalue weighted by molar-refractivity contribution is 5.37. The molecule has 0 radical (unpaired) electrons. The van der Waals surface area contributed by atoms with Gasteiger partial charge in [0.05, 0.1) is 0 Å². The molecule has 0 aromatic heterocycles. The van der Waals surface area contributed by atoms with Crippen molar-refractivity contribution in [2.75, 3.05) is 0 Å². The van der Waals surface area contributed by atoms with Gasteiger partial charge in [-0.1, -0.05) is 100 Å². The smallest absolute Gasteiger partial charge is 0.0218 e. The van der Waals surface area contributed by atoms with E-state index in [1.54, 1.807) is 0 Å². The van der Waals surface area contributed by atoms with Gasteiger partial charge in [-0.15, -0.1) is 0 Å². The van der Waals surface area contributed by atoms with E-state index in [4.69, 9.17) is 0 Å². The average molecular weight is 360 g/mol. The number of hydrogen-bond donors (Lipinski definition) is 1. The number of nitrogens with one attached hydrogen (secondary N) is 1. The largest absolute Gasteiger partial charge is 0.309 e. The van der Waals surface area contributed by atoms with Crippen molar-refractivity contribution in [1.29, 1.82) is 0 Å². The molecule has 26 heavy (non-hydrogen) atoms. The maximum atomic E-state index is 3.77. The summed E-state index contributed by atoms with van der Waals surface area (Å²) >= 11 is 0. The molecule has 1 heteroatoms. The predicted molar refractivity (Wildman–Crippen MR) is 118 cm³/mol. The standard InChI is InChI=1S/C25H45N/c1-18(2)26-25(12,13)23(8,9)20-16-14-15-19(17-20)22(6,7)24(10,11)21(3,4)5/h14-18,26H,1-13H3. The van der Waals surface area contributed by atoms with Crippen molar-refractivity contribution in [3.63, 3.8) is 0 Å². The van der Waals surface area contributed by atoms with Gasteiger partial charge in [0.25, 0.3) is 0 Å². The Labute approximate surface area is 164 Å². The van der Waals surface area contributed by atoms with Crippen molar-refractivity contribution < 1.29 is 0 Å². The number of hydrogen-bond acceptors (Lipinski definition) is 1. The molecule has 0 fully saturated rings. The fourth-order valence-corrected chi connectivity index (χ4v) is 3.86. The maximum Gasteiger partial charge on any atom is 0.0218 e. The summed E-state index contributed by atoms with van der Waals surface area (Å²) in [6.45, 7) is 30.5. The minimum atomic E-state index is 0.00345. The van der Waals surface area contributed by atoms with Crippen molar-refractivity contribution in [3.05, 3.63) is 35.4 Å². The molecule has 150 valence electrons. The van der Waals surface area contributed by atoms with Crippen molar-refractivity contribution in [1.82, 2.24) is 5.32 Å². The van der Waals surface area contributed by atoms with Crippen LogP contribution in [0.15, 0.2) is 24.3 Å². The monoisotopic (exact) mass is 359 g/mol. The highest BCUT2D eigenvalue weighted by Gasteiger charge is 2.47. The van der Waals surface area contributed by atoms with Gasteiger partial charge in [-0.3, -0.25) is 0 Å². The number of benzene rings is 1. The van der Waals surface area contributed by atoms with E-state index in [-0.39, 0.29) is 27.2 Å². The molecule has 0 aliphatic rings. The third-order valence-corrected chi connectivity index (χ3v) is 7.96. The molecule has 0 saturated heterocycles. The van der Waals surface area contributed by atoms with Gasteiger partial charge in [0.1, 0.15) is 0 Å². The van der Waals surface area contributed by atoms with Crippen LogP contribution in [0.5, 0.6) is 0 Å². The molecule has 1 N–H and O–H groups in total. The van der Waals surface area contributed by atoms with E-state index in [9.17, 15) is 0 Å². The summed E-state index contributed by atoms with van der Waals surface area (Å²) in [6, 6.07) is 9.78. The lowest BCUT2D eigenvalue weighted by atomic mass is 9.53. The first-order valence-electron chi connectivity index (χ1n) is 10.3. The van der Waals surface area contributed by atoms with Crippen LogP contribution in [0.4, 0.5) is 0 Å². The van der Waals surface area contributed by atoms with Gasteiger partial charge in [0, 0.05) is 17.0 Å². The molecule has 1 aromatic rings. The van der Waals surface area contributed by atoms with Crippen LogP contribution < -0.4 is 5.32 Å². The molecule has 0 unspecified atom stereocenters. The Morgan fingerprint density at radius 3 is 1.50 bits per heavy atom. The first-order valence-corrected chi connectivity index (χ1v) is 10.3. The summed E-state index contributed by atoms with van der Waals surface area (Å²) < 4.78 is 0. The van der Waals surface area contributed by atoms with Crippen LogP contribution in [0, 0.1) is 10.8 Å². The molecule has 0 spiro atoms. The summed E-state index contributed by atoms with van der Waals surface area (Å²) in [7, 11) is 0. The minimum Gasteiger partial charge on any atom is -0.309 e. The van der Waals surface area contributed by atoms with Crippen LogP contribution in [-0.2, 0) is 10.8 Å². The molecule has 1 rings (SSSR count). The van der Waals surface area contributed by atoms with E-state index < -0.39 is 0 Å². The molecule has 0 bridgehead atoms. The summed E-state index contributed by atoms with van der Waals surface area (Å²) in [6.07, 6.45) is 0. The second-order valence-corrected chi connectivity index (χ2v) is 11.6. The maximum absolute atomic E-state index is 3.77. The van der Waals surface area contributed by atoms with E-state index >= 15 is 0 Å². The van der Waals surface area contributed by atoms with Gasteiger partial charge in [-0.05, 0) is 41.2 Å². The van der Waals surface area contributed by atoms with E-state index in [2.05, 4.69) is 120 Å². The van der Waals surface area contributed by atoms with Crippen LogP contribution in [-0.4, -0.2) is 11.6 Å². The van der Waals surface area contributed by atoms with Gasteiger partial charge < -0.3 is 5.32 Å². The zero-order chi connectivity index (χ0) is 20.8. The molecule has 0 aliphatic carbocycles. The molecule has 0 amide bonds. The van der Waals surface area contributed by atoms with Crippen molar-refractivity contribution in [3.8, 4) is 0 Å². The molecule has 1 nitrogen and oxygen atoms in total. The molecule has 0 aliphatic heterocycles. The average Bonchev–Trinajstić information content (AvgIpc) is 2.44. The predicted octanol–water partition coefficient (Wildman–Crippen LogP) is 7.09. The summed E-state index contributed by atoms with van der Waals surface area (Å²) in [5.74, 6) is 0. The van der Waals surface area contributed by atoms with Gasteiger partial charge in [-0.25, -0.2) is 0 Å². The third kappa shape index (κ3) is 4.03. The lowest BCUT2D eigenvalue weighted by Crippen LogP contribution is -2.56. The lowest BCUT2D eigenvalue weighted by Gasteiger charge is -2.51. The van der Waals surface area contributed by atoms with Crippen LogP contribution in [0.1, 0.15) is 101 Å². The van der Waals surface area contributed by atoms with Gasteiger partial charge >= 0.3 is 0 Å². The molecule has 0 atom stereocenters. The Bertz CT molecular complexity index is 609. The Balaban J connectivity index is 3.43. The Hall–Kier alpha value is -0.820. The topological polar surface area (TPSA) is 12.0 Å². The zero-order valence-corrected chi connectivity index (χ0v) is 19.9. The van der Waals surface area contributed by atoms with Crippen molar-refractivity contribution in [2.45, 2.75) is 112 Å². The van der Waals surface area contributed by atoms with E-state index in [1.165, 1.54) is 11.1 Å². The van der Waals surface area contributed by atoms with Crippen molar-refractivity contribution >= 4 is 0 Å². The van der Waals surface area contributed by atoms with Crippen LogP contribution >= 0.6 is 0 Å². The molecular weight excluding hydrogens is 314 g/mol. The fraction of sp³-hybridized carbons (Fsp3) is 0.760. The minimum absolute atomic E-state index is 0.00345. The SMILES string of the molecule is CC(C)NC(C)(C)C(C)(C)c1cccc(C(C)(C)C(C)(C)C(C)(C)C)c1. The van der Waals surface area contributed by atoms with Gasteiger partial charge in [-0.2, -0.15) is 0 Å². The van der Waals surface area contributed by atoms with Crippen LogP contribution in [0.25, 0.3) is 0 Å². The van der Waals surface area contributed by atoms with E-state index in [1.807, 2.05) is 0 Å². The second-order valence-electron chi connectivity index (χ2n) is 11.6. The number of rotatable bonds is 6. The Morgan fingerprint density at radius 1 is 0.692 bits per heavy atom. The first kappa shape index (κ1) is 23.2. The summed E-state index contributed by atoms with van der Waals surface area (Å²) in [4.78, 5) is 0. The van der Waals surface area contributed by atoms with Crippen molar-refractivity contribution in [2.24, 2.45) is 10.8 Å². The summed E-state index contributed by atoms with van der Waals surface area (Å²) in [5, 5.41) is 3.77. The molecule has 0 saturated carbocycles. The zero-order valence-electron chi connectivity index (χ0n) is 19.9. The lowest BCUT2D eigenvalue weighted by molar-refractivity contribution is 0.0454. The van der Waals surface area contributed by atoms with Gasteiger partial charge in [0.15, 0.2) is 0 Å². The Morgan fingerprint density at radius 2 is 1.12 bits per heavy atom. The fourth-order valence-electron chi connectivity index (χ4n) is 3.86. The quantitative estimate of drug-likeness (QED) is 0.571. The highest BCUT2D eigenvalue weighted by Crippen LogP contribution is 2.52. The van der Waals surface area contributed by atoms with E-state index in [0.29, 0.717) is 6.04 Å². The highest BCUT2D eigenvalue weighted by atomic mass is 15.0. The molecule has 1 aromatic carbocycles. The molecular formula is C25H45N. The Kier molecular flexibility index (Phi) is 6.22. The van der Waals surface area contributed by atoms with Crippen LogP contribution in [0.2, 0.25) is 0 Å². The second kappa shape index (κ2) is 6.97. The van der Waals surface area contributed by atoms with E-state index in [0.717, 1.165) is 0 Å². The third-order valence-electron chi connectivity index (χ3n) is 7.96.